The van der Waals surface area contributed by atoms with Crippen molar-refractivity contribution in [3.05, 3.63) is 62.4 Å². The molecular formula is C17H11ClN2OS. The number of benzene rings is 1. The molecule has 0 fully saturated rings. The third kappa shape index (κ3) is 2.69. The molecular weight excluding hydrogens is 316 g/mol. The Morgan fingerprint density at radius 2 is 2.18 bits per heavy atom. The second-order valence-electron chi connectivity index (χ2n) is 4.84. The Bertz CT molecular complexity index is 943. The number of ketones is 1. The Morgan fingerprint density at radius 1 is 1.36 bits per heavy atom. The quantitative estimate of drug-likeness (QED) is 0.419. The number of aryl methyl sites for hydroxylation is 1. The fraction of sp³-hybridized carbons (Fsp3) is 0.0588. The molecule has 3 nitrogen and oxygen atoms in total. The highest BCUT2D eigenvalue weighted by Crippen LogP contribution is 2.25. The van der Waals surface area contributed by atoms with Crippen LogP contribution in [0.2, 0.25) is 5.02 Å². The molecule has 0 aliphatic rings. The van der Waals surface area contributed by atoms with Crippen LogP contribution in [-0.2, 0) is 0 Å². The first-order chi connectivity index (χ1) is 10.6. The molecule has 1 aromatic carbocycles. The van der Waals surface area contributed by atoms with Crippen molar-refractivity contribution in [2.45, 2.75) is 6.92 Å². The minimum atomic E-state index is -0.290. The van der Waals surface area contributed by atoms with Crippen LogP contribution in [0.15, 0.2) is 42.1 Å². The van der Waals surface area contributed by atoms with Gasteiger partial charge in [-0.3, -0.25) is 4.79 Å². The van der Waals surface area contributed by atoms with Gasteiger partial charge in [-0.2, -0.15) is 5.26 Å². The van der Waals surface area contributed by atoms with E-state index in [0.717, 1.165) is 20.7 Å². The molecule has 0 unspecified atom stereocenters. The van der Waals surface area contributed by atoms with Gasteiger partial charge >= 0.3 is 0 Å². The maximum Gasteiger partial charge on any atom is 0.205 e. The highest BCUT2D eigenvalue weighted by Gasteiger charge is 2.17. The predicted octanol–water partition coefficient (Wildman–Crippen LogP) is 4.98. The Labute approximate surface area is 136 Å². The van der Waals surface area contributed by atoms with Crippen LogP contribution in [0, 0.1) is 18.3 Å². The summed E-state index contributed by atoms with van der Waals surface area (Å²) in [6, 6.07) is 11.1. The molecule has 5 heteroatoms. The summed E-state index contributed by atoms with van der Waals surface area (Å²) in [5.41, 5.74) is 1.38. The normalized spacial score (nSPS) is 11.6. The van der Waals surface area contributed by atoms with Crippen LogP contribution in [0.3, 0.4) is 0 Å². The molecule has 22 heavy (non-hydrogen) atoms. The van der Waals surface area contributed by atoms with E-state index in [-0.39, 0.29) is 11.4 Å². The summed E-state index contributed by atoms with van der Waals surface area (Å²) in [7, 11) is 0. The fourth-order valence-electron chi connectivity index (χ4n) is 2.25. The van der Waals surface area contributed by atoms with Crippen LogP contribution in [0.5, 0.6) is 0 Å². The Morgan fingerprint density at radius 3 is 2.86 bits per heavy atom. The molecule has 1 N–H and O–H groups in total. The number of hydrogen-bond acceptors (Lipinski definition) is 3. The molecule has 0 aliphatic carbocycles. The van der Waals surface area contributed by atoms with Gasteiger partial charge in [-0.25, -0.2) is 0 Å². The van der Waals surface area contributed by atoms with Gasteiger partial charge in [-0.1, -0.05) is 17.7 Å². The maximum atomic E-state index is 12.6. The SMILES string of the molecule is Cc1ccc(/C=C(\C#N)C(=O)c2c[nH]c3cc(Cl)ccc23)s1. The number of carbonyl (C=O) groups excluding carboxylic acids is 1. The number of nitrogens with zero attached hydrogens (tertiary/aromatic N) is 1. The van der Waals surface area contributed by atoms with Crippen molar-refractivity contribution in [3.8, 4) is 6.07 Å². The summed E-state index contributed by atoms with van der Waals surface area (Å²) in [5.74, 6) is -0.290. The Hall–Kier alpha value is -2.35. The first kappa shape index (κ1) is 14.6. The lowest BCUT2D eigenvalue weighted by Gasteiger charge is -1.98. The third-order valence-electron chi connectivity index (χ3n) is 3.30. The Balaban J connectivity index is 2.04. The number of Topliss-reactive ketones (excluding diaryl/α,β-unsaturated/α-hetero) is 1. The number of halogens is 1. The van der Waals surface area contributed by atoms with Crippen molar-refractivity contribution in [1.82, 2.24) is 4.98 Å². The molecule has 0 radical (unpaired) electrons. The fourth-order valence-corrected chi connectivity index (χ4v) is 3.25. The lowest BCUT2D eigenvalue weighted by molar-refractivity contribution is 0.104. The van der Waals surface area contributed by atoms with Gasteiger partial charge in [0.1, 0.15) is 11.6 Å². The Kier molecular flexibility index (Phi) is 3.84. The average Bonchev–Trinajstić information content (AvgIpc) is 3.09. The topological polar surface area (TPSA) is 56.6 Å². The highest BCUT2D eigenvalue weighted by molar-refractivity contribution is 7.12. The van der Waals surface area contributed by atoms with Crippen LogP contribution in [0.1, 0.15) is 20.1 Å². The average molecular weight is 327 g/mol. The second kappa shape index (κ2) is 5.80. The molecule has 0 bridgehead atoms. The zero-order valence-electron chi connectivity index (χ0n) is 11.7. The number of rotatable bonds is 3. The van der Waals surface area contributed by atoms with Gasteiger partial charge in [0.25, 0.3) is 0 Å². The van der Waals surface area contributed by atoms with Gasteiger partial charge in [0.05, 0.1) is 0 Å². The molecule has 2 aromatic heterocycles. The molecule has 108 valence electrons. The smallest absolute Gasteiger partial charge is 0.205 e. The lowest BCUT2D eigenvalue weighted by atomic mass is 10.0. The van der Waals surface area contributed by atoms with E-state index < -0.39 is 0 Å². The summed E-state index contributed by atoms with van der Waals surface area (Å²) in [5, 5.41) is 10.7. The number of aromatic nitrogens is 1. The molecule has 0 spiro atoms. The summed E-state index contributed by atoms with van der Waals surface area (Å²) in [4.78, 5) is 17.7. The summed E-state index contributed by atoms with van der Waals surface area (Å²) in [6.45, 7) is 1.99. The van der Waals surface area contributed by atoms with Crippen molar-refractivity contribution in [3.63, 3.8) is 0 Å². The first-order valence-electron chi connectivity index (χ1n) is 6.58. The van der Waals surface area contributed by atoms with E-state index in [4.69, 9.17) is 11.6 Å². The maximum absolute atomic E-state index is 12.6. The molecule has 0 saturated heterocycles. The molecule has 0 atom stereocenters. The van der Waals surface area contributed by atoms with E-state index in [1.165, 1.54) is 0 Å². The number of carbonyl (C=O) groups is 1. The largest absolute Gasteiger partial charge is 0.360 e. The number of fused-ring (bicyclic) bond motifs is 1. The lowest BCUT2D eigenvalue weighted by Crippen LogP contribution is -2.00. The van der Waals surface area contributed by atoms with Gasteiger partial charge in [0, 0.05) is 37.4 Å². The van der Waals surface area contributed by atoms with E-state index in [1.54, 1.807) is 41.8 Å². The number of nitrogens with one attached hydrogen (secondary N) is 1. The monoisotopic (exact) mass is 326 g/mol. The molecule has 3 rings (SSSR count). The highest BCUT2D eigenvalue weighted by atomic mass is 35.5. The van der Waals surface area contributed by atoms with E-state index in [9.17, 15) is 10.1 Å². The molecule has 0 aliphatic heterocycles. The van der Waals surface area contributed by atoms with Crippen molar-refractivity contribution in [1.29, 1.82) is 5.26 Å². The summed E-state index contributed by atoms with van der Waals surface area (Å²) in [6.07, 6.45) is 3.25. The minimum Gasteiger partial charge on any atom is -0.360 e. The van der Waals surface area contributed by atoms with E-state index >= 15 is 0 Å². The van der Waals surface area contributed by atoms with E-state index in [1.807, 2.05) is 25.1 Å². The van der Waals surface area contributed by atoms with Gasteiger partial charge in [-0.05, 0) is 37.3 Å². The molecule has 0 amide bonds. The third-order valence-corrected chi connectivity index (χ3v) is 4.48. The molecule has 3 aromatic rings. The summed E-state index contributed by atoms with van der Waals surface area (Å²) < 4.78 is 0. The number of allylic oxidation sites excluding steroid dienone is 1. The van der Waals surface area contributed by atoms with Crippen LogP contribution in [0.4, 0.5) is 0 Å². The van der Waals surface area contributed by atoms with E-state index in [2.05, 4.69) is 4.98 Å². The van der Waals surface area contributed by atoms with Crippen LogP contribution >= 0.6 is 22.9 Å². The van der Waals surface area contributed by atoms with Gasteiger partial charge in [0.2, 0.25) is 5.78 Å². The number of H-pyrrole nitrogens is 1. The number of thiophene rings is 1. The number of hydrogen-bond donors (Lipinski definition) is 1. The van der Waals surface area contributed by atoms with Gasteiger partial charge in [-0.15, -0.1) is 11.3 Å². The minimum absolute atomic E-state index is 0.123. The second-order valence-corrected chi connectivity index (χ2v) is 6.60. The number of aromatic amines is 1. The van der Waals surface area contributed by atoms with Crippen molar-refractivity contribution in [2.24, 2.45) is 0 Å². The van der Waals surface area contributed by atoms with Gasteiger partial charge < -0.3 is 4.98 Å². The van der Waals surface area contributed by atoms with Gasteiger partial charge in [0.15, 0.2) is 0 Å². The van der Waals surface area contributed by atoms with Crippen LogP contribution in [-0.4, -0.2) is 10.8 Å². The van der Waals surface area contributed by atoms with Crippen LogP contribution in [0.25, 0.3) is 17.0 Å². The van der Waals surface area contributed by atoms with E-state index in [0.29, 0.717) is 10.6 Å². The molecule has 2 heterocycles. The zero-order valence-corrected chi connectivity index (χ0v) is 13.3. The van der Waals surface area contributed by atoms with Crippen LogP contribution < -0.4 is 0 Å². The molecule has 0 saturated carbocycles. The first-order valence-corrected chi connectivity index (χ1v) is 7.77. The van der Waals surface area contributed by atoms with Crippen molar-refractivity contribution < 1.29 is 4.79 Å². The summed E-state index contributed by atoms with van der Waals surface area (Å²) >= 11 is 7.49. The van der Waals surface area contributed by atoms with Crippen molar-refractivity contribution >= 4 is 45.7 Å². The standard InChI is InChI=1S/C17H11ClN2OS/c1-10-2-4-13(22-10)6-11(8-19)17(21)15-9-20-16-7-12(18)3-5-14(15)16/h2-7,9,20H,1H3/b11-6+. The number of nitriles is 1. The predicted molar refractivity (Wildman–Crippen MR) is 90.3 cm³/mol. The van der Waals surface area contributed by atoms with Crippen molar-refractivity contribution in [2.75, 3.05) is 0 Å². The zero-order chi connectivity index (χ0) is 15.7.